The van der Waals surface area contributed by atoms with Gasteiger partial charge in [-0.1, -0.05) is 45.0 Å². The monoisotopic (exact) mass is 261 g/mol. The largest absolute Gasteiger partial charge is 0.377 e. The van der Waals surface area contributed by atoms with Crippen LogP contribution in [-0.2, 0) is 11.2 Å². The molecular formula is C17H27NO. The van der Waals surface area contributed by atoms with E-state index in [0.717, 1.165) is 19.6 Å². The molecule has 1 aliphatic rings. The van der Waals surface area contributed by atoms with Crippen molar-refractivity contribution in [1.29, 1.82) is 0 Å². The molecule has 2 atom stereocenters. The van der Waals surface area contributed by atoms with E-state index in [0.29, 0.717) is 18.1 Å². The molecule has 2 rings (SSSR count). The van der Waals surface area contributed by atoms with Gasteiger partial charge < -0.3 is 10.1 Å². The van der Waals surface area contributed by atoms with Crippen LogP contribution in [0.5, 0.6) is 0 Å². The Kier molecular flexibility index (Phi) is 5.41. The third-order valence-electron chi connectivity index (χ3n) is 3.98. The average molecular weight is 261 g/mol. The molecule has 2 heteroatoms. The van der Waals surface area contributed by atoms with Crippen LogP contribution in [0.1, 0.15) is 50.7 Å². The van der Waals surface area contributed by atoms with Crippen molar-refractivity contribution in [2.75, 3.05) is 13.2 Å². The van der Waals surface area contributed by atoms with Gasteiger partial charge in [0.2, 0.25) is 0 Å². The summed E-state index contributed by atoms with van der Waals surface area (Å²) >= 11 is 0. The lowest BCUT2D eigenvalue weighted by Gasteiger charge is -2.24. The van der Waals surface area contributed by atoms with Gasteiger partial charge in [0, 0.05) is 12.6 Å². The molecule has 0 bridgehead atoms. The summed E-state index contributed by atoms with van der Waals surface area (Å²) in [4.78, 5) is 0. The maximum Gasteiger partial charge on any atom is 0.0732 e. The van der Waals surface area contributed by atoms with E-state index in [1.54, 1.807) is 0 Å². The van der Waals surface area contributed by atoms with E-state index >= 15 is 0 Å². The van der Waals surface area contributed by atoms with Crippen molar-refractivity contribution >= 4 is 0 Å². The Morgan fingerprint density at radius 1 is 1.26 bits per heavy atom. The summed E-state index contributed by atoms with van der Waals surface area (Å²) < 4.78 is 5.84. The smallest absolute Gasteiger partial charge is 0.0732 e. The zero-order chi connectivity index (χ0) is 13.7. The van der Waals surface area contributed by atoms with Gasteiger partial charge in [-0.2, -0.15) is 0 Å². The first-order chi connectivity index (χ1) is 9.20. The fourth-order valence-electron chi connectivity index (χ4n) is 2.81. The molecule has 1 aliphatic heterocycles. The molecule has 0 saturated carbocycles. The lowest BCUT2D eigenvalue weighted by molar-refractivity contribution is 0.0789. The van der Waals surface area contributed by atoms with E-state index in [9.17, 15) is 0 Å². The van der Waals surface area contributed by atoms with E-state index in [2.05, 4.69) is 50.4 Å². The Hall–Kier alpha value is -0.860. The normalized spacial score (nSPS) is 20.9. The zero-order valence-electron chi connectivity index (χ0n) is 12.5. The molecule has 0 spiro atoms. The summed E-state index contributed by atoms with van der Waals surface area (Å²) in [6.07, 6.45) is 3.86. The van der Waals surface area contributed by atoms with Crippen LogP contribution in [-0.4, -0.2) is 25.3 Å². The maximum absolute atomic E-state index is 5.84. The topological polar surface area (TPSA) is 21.3 Å². The number of hydrogen-bond acceptors (Lipinski definition) is 2. The van der Waals surface area contributed by atoms with Crippen LogP contribution >= 0.6 is 0 Å². The van der Waals surface area contributed by atoms with Crippen LogP contribution in [0.4, 0.5) is 0 Å². The summed E-state index contributed by atoms with van der Waals surface area (Å²) in [5.74, 6) is 0.608. The van der Waals surface area contributed by atoms with Crippen molar-refractivity contribution in [3.05, 3.63) is 35.4 Å². The SMILES string of the molecule is CCNC(Cc1ccc(C(C)C)cc1)C1CCCO1. The summed E-state index contributed by atoms with van der Waals surface area (Å²) in [6, 6.07) is 9.53. The first-order valence-electron chi connectivity index (χ1n) is 7.64. The molecule has 19 heavy (non-hydrogen) atoms. The molecule has 1 fully saturated rings. The minimum absolute atomic E-state index is 0.393. The third-order valence-corrected chi connectivity index (χ3v) is 3.98. The summed E-state index contributed by atoms with van der Waals surface area (Å²) in [7, 11) is 0. The fourth-order valence-corrected chi connectivity index (χ4v) is 2.81. The highest BCUT2D eigenvalue weighted by Crippen LogP contribution is 2.20. The van der Waals surface area contributed by atoms with E-state index < -0.39 is 0 Å². The number of likely N-dealkylation sites (N-methyl/N-ethyl adjacent to an activating group) is 1. The van der Waals surface area contributed by atoms with E-state index in [1.807, 2.05) is 0 Å². The molecular weight excluding hydrogens is 234 g/mol. The van der Waals surface area contributed by atoms with Crippen molar-refractivity contribution in [3.63, 3.8) is 0 Å². The predicted octanol–water partition coefficient (Wildman–Crippen LogP) is 3.51. The van der Waals surface area contributed by atoms with E-state index in [-0.39, 0.29) is 0 Å². The lowest BCUT2D eigenvalue weighted by atomic mass is 9.96. The van der Waals surface area contributed by atoms with Crippen LogP contribution in [0.2, 0.25) is 0 Å². The average Bonchev–Trinajstić information content (AvgIpc) is 2.92. The van der Waals surface area contributed by atoms with Gasteiger partial charge in [-0.05, 0) is 42.9 Å². The molecule has 1 aromatic carbocycles. The molecule has 106 valence electrons. The number of benzene rings is 1. The van der Waals surface area contributed by atoms with E-state index in [4.69, 9.17) is 4.74 Å². The van der Waals surface area contributed by atoms with Gasteiger partial charge in [-0.3, -0.25) is 0 Å². The Bertz CT molecular complexity index is 365. The fraction of sp³-hybridized carbons (Fsp3) is 0.647. The van der Waals surface area contributed by atoms with Gasteiger partial charge in [0.05, 0.1) is 6.10 Å². The Balaban J connectivity index is 1.99. The molecule has 1 aromatic rings. The molecule has 1 N–H and O–H groups in total. The van der Waals surface area contributed by atoms with Crippen molar-refractivity contribution < 1.29 is 4.74 Å². The Morgan fingerprint density at radius 2 is 2.00 bits per heavy atom. The first kappa shape index (κ1) is 14.5. The molecule has 1 heterocycles. The highest BCUT2D eigenvalue weighted by Gasteiger charge is 2.25. The van der Waals surface area contributed by atoms with Gasteiger partial charge in [0.15, 0.2) is 0 Å². The van der Waals surface area contributed by atoms with Crippen LogP contribution < -0.4 is 5.32 Å². The Morgan fingerprint density at radius 3 is 2.53 bits per heavy atom. The van der Waals surface area contributed by atoms with E-state index in [1.165, 1.54) is 24.0 Å². The lowest BCUT2D eigenvalue weighted by Crippen LogP contribution is -2.41. The quantitative estimate of drug-likeness (QED) is 0.846. The second kappa shape index (κ2) is 7.06. The first-order valence-corrected chi connectivity index (χ1v) is 7.64. The van der Waals surface area contributed by atoms with Crippen molar-refractivity contribution in [2.45, 2.75) is 58.1 Å². The summed E-state index contributed by atoms with van der Waals surface area (Å²) in [5, 5.41) is 3.59. The minimum Gasteiger partial charge on any atom is -0.377 e. The minimum atomic E-state index is 0.393. The second-order valence-electron chi connectivity index (χ2n) is 5.82. The number of hydrogen-bond donors (Lipinski definition) is 1. The molecule has 2 nitrogen and oxygen atoms in total. The zero-order valence-corrected chi connectivity index (χ0v) is 12.5. The molecule has 0 amide bonds. The van der Waals surface area contributed by atoms with Crippen LogP contribution in [0.25, 0.3) is 0 Å². The molecule has 2 unspecified atom stereocenters. The van der Waals surface area contributed by atoms with Crippen molar-refractivity contribution in [3.8, 4) is 0 Å². The van der Waals surface area contributed by atoms with Gasteiger partial charge in [-0.15, -0.1) is 0 Å². The van der Waals surface area contributed by atoms with Gasteiger partial charge in [-0.25, -0.2) is 0 Å². The number of rotatable bonds is 6. The second-order valence-corrected chi connectivity index (χ2v) is 5.82. The van der Waals surface area contributed by atoms with Crippen LogP contribution in [0.3, 0.4) is 0 Å². The third kappa shape index (κ3) is 4.05. The van der Waals surface area contributed by atoms with Gasteiger partial charge in [0.25, 0.3) is 0 Å². The summed E-state index contributed by atoms with van der Waals surface area (Å²) in [6.45, 7) is 8.59. The number of ether oxygens (including phenoxy) is 1. The van der Waals surface area contributed by atoms with Gasteiger partial charge >= 0.3 is 0 Å². The standard InChI is InChI=1S/C17H27NO/c1-4-18-16(17-6-5-11-19-17)12-14-7-9-15(10-8-14)13(2)3/h7-10,13,16-18H,4-6,11-12H2,1-3H3. The molecule has 0 aromatic heterocycles. The Labute approximate surface area is 117 Å². The van der Waals surface area contributed by atoms with Crippen molar-refractivity contribution in [2.24, 2.45) is 0 Å². The molecule has 0 radical (unpaired) electrons. The predicted molar refractivity (Wildman–Crippen MR) is 80.7 cm³/mol. The van der Waals surface area contributed by atoms with Crippen LogP contribution in [0, 0.1) is 0 Å². The number of nitrogens with one attached hydrogen (secondary N) is 1. The highest BCUT2D eigenvalue weighted by molar-refractivity contribution is 5.25. The molecule has 0 aliphatic carbocycles. The summed E-state index contributed by atoms with van der Waals surface area (Å²) in [5.41, 5.74) is 2.83. The maximum atomic E-state index is 5.84. The molecule has 1 saturated heterocycles. The van der Waals surface area contributed by atoms with Gasteiger partial charge in [0.1, 0.15) is 0 Å². The highest BCUT2D eigenvalue weighted by atomic mass is 16.5. The van der Waals surface area contributed by atoms with Crippen LogP contribution in [0.15, 0.2) is 24.3 Å². The van der Waals surface area contributed by atoms with Crippen molar-refractivity contribution in [1.82, 2.24) is 5.32 Å².